The molecule has 0 bridgehead atoms. The van der Waals surface area contributed by atoms with Crippen molar-refractivity contribution in [2.24, 2.45) is 0 Å². The van der Waals surface area contributed by atoms with Gasteiger partial charge in [0.2, 0.25) is 5.88 Å². The summed E-state index contributed by atoms with van der Waals surface area (Å²) >= 11 is 0. The number of aromatic nitrogens is 3. The van der Waals surface area contributed by atoms with Crippen molar-refractivity contribution in [3.63, 3.8) is 0 Å². The summed E-state index contributed by atoms with van der Waals surface area (Å²) in [6.45, 7) is 1.95. The van der Waals surface area contributed by atoms with Gasteiger partial charge in [-0.15, -0.1) is 5.48 Å². The first-order valence-electron chi connectivity index (χ1n) is 9.00. The van der Waals surface area contributed by atoms with E-state index < -0.39 is 5.54 Å². The first-order chi connectivity index (χ1) is 13.7. The fraction of sp³-hybridized carbons (Fsp3) is 0.190. The third-order valence-electron chi connectivity index (χ3n) is 4.66. The summed E-state index contributed by atoms with van der Waals surface area (Å²) in [5.74, 6) is 1.00. The van der Waals surface area contributed by atoms with Crippen molar-refractivity contribution >= 4 is 5.82 Å². The molecule has 0 aromatic carbocycles. The maximum atomic E-state index is 6.09. The quantitative estimate of drug-likeness (QED) is 0.683. The lowest BCUT2D eigenvalue weighted by Gasteiger charge is -2.27. The minimum Gasteiger partial charge on any atom is -0.468 e. The highest BCUT2D eigenvalue weighted by Gasteiger charge is 2.36. The first-order valence-corrected chi connectivity index (χ1v) is 9.00. The smallest absolute Gasteiger partial charge is 0.213 e. The summed E-state index contributed by atoms with van der Waals surface area (Å²) in [4.78, 5) is 18.2. The number of nitrogens with two attached hydrogens (primary N) is 1. The molecule has 3 aromatic rings. The van der Waals surface area contributed by atoms with Crippen molar-refractivity contribution in [2.75, 3.05) is 5.73 Å². The molecule has 1 aliphatic heterocycles. The van der Waals surface area contributed by atoms with Crippen LogP contribution in [0.15, 0.2) is 73.4 Å². The number of nitrogen functional groups attached to an aromatic ring is 1. The van der Waals surface area contributed by atoms with Crippen LogP contribution in [0.4, 0.5) is 5.82 Å². The molecule has 7 nitrogen and oxygen atoms in total. The lowest BCUT2D eigenvalue weighted by molar-refractivity contribution is 0.0971. The monoisotopic (exact) mass is 375 g/mol. The third-order valence-corrected chi connectivity index (χ3v) is 4.66. The van der Waals surface area contributed by atoms with Crippen molar-refractivity contribution in [3.05, 3.63) is 90.2 Å². The van der Waals surface area contributed by atoms with E-state index in [0.717, 1.165) is 16.8 Å². The molecule has 28 heavy (non-hydrogen) atoms. The SMILES string of the molecule is CC(Oc1ccc(CC2(c3cccnc3N)C=CON2)cn1)c1ccccn1. The second-order valence-electron chi connectivity index (χ2n) is 6.63. The Morgan fingerprint density at radius 3 is 2.68 bits per heavy atom. The minimum absolute atomic E-state index is 0.186. The maximum absolute atomic E-state index is 6.09. The molecule has 1 aliphatic rings. The van der Waals surface area contributed by atoms with E-state index in [1.54, 1.807) is 24.9 Å². The molecule has 0 spiro atoms. The normalized spacial score (nSPS) is 19.2. The summed E-state index contributed by atoms with van der Waals surface area (Å²) in [5.41, 5.74) is 11.3. The van der Waals surface area contributed by atoms with Gasteiger partial charge in [-0.3, -0.25) is 4.98 Å². The number of anilines is 1. The summed E-state index contributed by atoms with van der Waals surface area (Å²) in [6.07, 6.45) is 9.18. The standard InChI is InChI=1S/C21H21N5O2/c1-15(18-6-2-3-10-23-18)28-19-8-7-16(14-25-19)13-21(9-12-27-26-21)17-5-4-11-24-20(17)22/h2-12,14-15,26H,13H2,1H3,(H2,22,24). The Bertz CT molecular complexity index is 962. The Hall–Kier alpha value is -3.45. The lowest BCUT2D eigenvalue weighted by atomic mass is 9.85. The van der Waals surface area contributed by atoms with Crippen molar-refractivity contribution < 1.29 is 9.57 Å². The van der Waals surface area contributed by atoms with Gasteiger partial charge in [0.25, 0.3) is 0 Å². The fourth-order valence-electron chi connectivity index (χ4n) is 3.22. The molecule has 7 heteroatoms. The third kappa shape index (κ3) is 3.65. The van der Waals surface area contributed by atoms with Crippen LogP contribution in [0.1, 0.15) is 29.8 Å². The number of hydroxylamine groups is 1. The number of nitrogens with zero attached hydrogens (tertiary/aromatic N) is 3. The molecule has 4 heterocycles. The van der Waals surface area contributed by atoms with Crippen LogP contribution in [0.5, 0.6) is 5.88 Å². The van der Waals surface area contributed by atoms with Crippen molar-refractivity contribution in [2.45, 2.75) is 25.0 Å². The van der Waals surface area contributed by atoms with Gasteiger partial charge in [0.1, 0.15) is 23.7 Å². The first kappa shape index (κ1) is 17.9. The molecular formula is C21H21N5O2. The van der Waals surface area contributed by atoms with Crippen LogP contribution in [0.3, 0.4) is 0 Å². The van der Waals surface area contributed by atoms with E-state index >= 15 is 0 Å². The maximum Gasteiger partial charge on any atom is 0.213 e. The predicted molar refractivity (Wildman–Crippen MR) is 105 cm³/mol. The molecule has 142 valence electrons. The van der Waals surface area contributed by atoms with Crippen LogP contribution < -0.4 is 16.0 Å². The van der Waals surface area contributed by atoms with Gasteiger partial charge in [0.05, 0.1) is 5.69 Å². The van der Waals surface area contributed by atoms with Crippen LogP contribution in [-0.4, -0.2) is 15.0 Å². The second-order valence-corrected chi connectivity index (χ2v) is 6.63. The molecule has 3 N–H and O–H groups in total. The number of pyridine rings is 3. The van der Waals surface area contributed by atoms with Crippen LogP contribution in [0.2, 0.25) is 0 Å². The van der Waals surface area contributed by atoms with Gasteiger partial charge in [-0.2, -0.15) is 0 Å². The topological polar surface area (TPSA) is 95.2 Å². The van der Waals surface area contributed by atoms with E-state index in [-0.39, 0.29) is 6.10 Å². The minimum atomic E-state index is -0.594. The largest absolute Gasteiger partial charge is 0.468 e. The second kappa shape index (κ2) is 7.66. The Morgan fingerprint density at radius 1 is 1.11 bits per heavy atom. The van der Waals surface area contributed by atoms with E-state index in [9.17, 15) is 0 Å². The molecule has 3 aromatic heterocycles. The Morgan fingerprint density at radius 2 is 2.00 bits per heavy atom. The van der Waals surface area contributed by atoms with Gasteiger partial charge in [-0.1, -0.05) is 18.2 Å². The predicted octanol–water partition coefficient (Wildman–Crippen LogP) is 3.08. The average Bonchev–Trinajstić information content (AvgIpc) is 3.20. The summed E-state index contributed by atoms with van der Waals surface area (Å²) in [7, 11) is 0. The van der Waals surface area contributed by atoms with Gasteiger partial charge in [-0.05, 0) is 36.8 Å². The lowest BCUT2D eigenvalue weighted by Crippen LogP contribution is -2.39. The number of ether oxygens (including phenoxy) is 1. The van der Waals surface area contributed by atoms with Crippen molar-refractivity contribution in [1.29, 1.82) is 0 Å². The molecule has 0 saturated heterocycles. The molecule has 0 aliphatic carbocycles. The van der Waals surface area contributed by atoms with Gasteiger partial charge < -0.3 is 15.3 Å². The number of nitrogens with one attached hydrogen (secondary N) is 1. The Balaban J connectivity index is 1.51. The van der Waals surface area contributed by atoms with Crippen LogP contribution in [0, 0.1) is 0 Å². The zero-order valence-electron chi connectivity index (χ0n) is 15.4. The Labute approximate surface area is 163 Å². The summed E-state index contributed by atoms with van der Waals surface area (Å²) in [5, 5.41) is 0. The van der Waals surface area contributed by atoms with E-state index in [2.05, 4.69) is 20.4 Å². The Kier molecular flexibility index (Phi) is 4.90. The highest BCUT2D eigenvalue weighted by Crippen LogP contribution is 2.33. The van der Waals surface area contributed by atoms with E-state index in [1.165, 1.54) is 0 Å². The zero-order valence-corrected chi connectivity index (χ0v) is 15.4. The molecule has 4 rings (SSSR count). The number of hydrogen-bond acceptors (Lipinski definition) is 7. The van der Waals surface area contributed by atoms with Gasteiger partial charge in [-0.25, -0.2) is 9.97 Å². The molecule has 0 radical (unpaired) electrons. The summed E-state index contributed by atoms with van der Waals surface area (Å²) < 4.78 is 5.90. The van der Waals surface area contributed by atoms with E-state index in [0.29, 0.717) is 18.1 Å². The highest BCUT2D eigenvalue weighted by molar-refractivity contribution is 5.48. The molecule has 0 saturated carbocycles. The van der Waals surface area contributed by atoms with Crippen LogP contribution >= 0.6 is 0 Å². The fourth-order valence-corrected chi connectivity index (χ4v) is 3.22. The van der Waals surface area contributed by atoms with Crippen LogP contribution in [0.25, 0.3) is 0 Å². The molecule has 0 fully saturated rings. The van der Waals surface area contributed by atoms with Crippen molar-refractivity contribution in [1.82, 2.24) is 20.4 Å². The van der Waals surface area contributed by atoms with E-state index in [1.807, 2.05) is 55.5 Å². The molecular weight excluding hydrogens is 354 g/mol. The molecule has 2 atom stereocenters. The zero-order chi connectivity index (χ0) is 19.4. The number of hydrogen-bond donors (Lipinski definition) is 2. The van der Waals surface area contributed by atoms with Gasteiger partial charge in [0, 0.05) is 36.6 Å². The molecule has 0 amide bonds. The number of rotatable bonds is 6. The average molecular weight is 375 g/mol. The molecule has 2 unspecified atom stereocenters. The van der Waals surface area contributed by atoms with Crippen LogP contribution in [-0.2, 0) is 16.8 Å². The summed E-state index contributed by atoms with van der Waals surface area (Å²) in [6, 6.07) is 13.4. The van der Waals surface area contributed by atoms with Gasteiger partial charge >= 0.3 is 0 Å². The van der Waals surface area contributed by atoms with E-state index in [4.69, 9.17) is 15.3 Å². The van der Waals surface area contributed by atoms with Gasteiger partial charge in [0.15, 0.2) is 0 Å². The highest BCUT2D eigenvalue weighted by atomic mass is 16.6. The van der Waals surface area contributed by atoms with Crippen molar-refractivity contribution in [3.8, 4) is 5.88 Å².